The van der Waals surface area contributed by atoms with Crippen LogP contribution in [0, 0.1) is 11.8 Å². The Hall–Kier alpha value is -3.33. The molecule has 0 unspecified atom stereocenters. The second kappa shape index (κ2) is 9.65. The van der Waals surface area contributed by atoms with Crippen molar-refractivity contribution < 1.29 is 33.7 Å². The van der Waals surface area contributed by atoms with Gasteiger partial charge in [0.15, 0.2) is 0 Å². The van der Waals surface area contributed by atoms with Gasteiger partial charge in [0.05, 0.1) is 33.2 Å². The Morgan fingerprint density at radius 3 is 2.35 bits per heavy atom. The second-order valence-corrected chi connectivity index (χ2v) is 7.77. The van der Waals surface area contributed by atoms with E-state index >= 15 is 0 Å². The molecular weight excluding hydrogens is 422 g/mol. The zero-order valence-corrected chi connectivity index (χ0v) is 18.2. The van der Waals surface area contributed by atoms with Crippen molar-refractivity contribution in [2.75, 3.05) is 26.6 Å². The highest BCUT2D eigenvalue weighted by Gasteiger charge is 2.35. The molecule has 8 nitrogen and oxygen atoms in total. The van der Waals surface area contributed by atoms with Gasteiger partial charge in [-0.2, -0.15) is 0 Å². The zero-order chi connectivity index (χ0) is 22.5. The Morgan fingerprint density at radius 1 is 1.03 bits per heavy atom. The number of carboxylic acids is 1. The highest BCUT2D eigenvalue weighted by atomic mass is 32.1. The number of esters is 1. The van der Waals surface area contributed by atoms with E-state index in [-0.39, 0.29) is 12.0 Å². The molecule has 0 fully saturated rings. The van der Waals surface area contributed by atoms with Crippen LogP contribution in [0.25, 0.3) is 11.1 Å². The average Bonchev–Trinajstić information content (AvgIpc) is 3.20. The Balaban J connectivity index is 1.99. The number of anilines is 1. The number of carbonyl (C=O) groups is 3. The number of rotatable bonds is 7. The SMILES string of the molecule is COC(=O)c1c(-c2ccc(OC)cc2OC)csc1NC(=O)[C@@H]1CC=CC[C@H]1C(=O)O. The van der Waals surface area contributed by atoms with Gasteiger partial charge in [-0.05, 0) is 25.0 Å². The predicted octanol–water partition coefficient (Wildman–Crippen LogP) is 3.82. The summed E-state index contributed by atoms with van der Waals surface area (Å²) in [6.07, 6.45) is 4.17. The monoisotopic (exact) mass is 445 g/mol. The van der Waals surface area contributed by atoms with E-state index < -0.39 is 29.7 Å². The van der Waals surface area contributed by atoms with Gasteiger partial charge < -0.3 is 24.6 Å². The molecule has 31 heavy (non-hydrogen) atoms. The lowest BCUT2D eigenvalue weighted by Crippen LogP contribution is -2.34. The van der Waals surface area contributed by atoms with Crippen molar-refractivity contribution >= 4 is 34.2 Å². The molecule has 2 aromatic rings. The van der Waals surface area contributed by atoms with Crippen molar-refractivity contribution in [1.29, 1.82) is 0 Å². The molecule has 1 aliphatic carbocycles. The van der Waals surface area contributed by atoms with E-state index in [0.29, 0.717) is 34.0 Å². The molecule has 164 valence electrons. The number of nitrogens with one attached hydrogen (secondary N) is 1. The largest absolute Gasteiger partial charge is 0.497 e. The molecule has 2 N–H and O–H groups in total. The van der Waals surface area contributed by atoms with E-state index in [2.05, 4.69) is 5.32 Å². The summed E-state index contributed by atoms with van der Waals surface area (Å²) in [7, 11) is 4.30. The molecule has 1 heterocycles. The number of ether oxygens (including phenoxy) is 3. The lowest BCUT2D eigenvalue weighted by atomic mass is 9.82. The maximum atomic E-state index is 12.9. The van der Waals surface area contributed by atoms with Gasteiger partial charge in [-0.25, -0.2) is 4.79 Å². The maximum Gasteiger partial charge on any atom is 0.341 e. The van der Waals surface area contributed by atoms with E-state index in [9.17, 15) is 19.5 Å². The number of carboxylic acid groups (broad SMARTS) is 1. The Bertz CT molecular complexity index is 1030. The molecule has 0 saturated heterocycles. The minimum Gasteiger partial charge on any atom is -0.497 e. The predicted molar refractivity (Wildman–Crippen MR) is 116 cm³/mol. The Kier molecular flexibility index (Phi) is 6.96. The first-order chi connectivity index (χ1) is 14.9. The molecule has 1 aliphatic rings. The van der Waals surface area contributed by atoms with Gasteiger partial charge in [0.25, 0.3) is 0 Å². The van der Waals surface area contributed by atoms with Gasteiger partial charge in [0, 0.05) is 22.6 Å². The van der Waals surface area contributed by atoms with Gasteiger partial charge >= 0.3 is 11.9 Å². The number of methoxy groups -OCH3 is 3. The molecule has 0 bridgehead atoms. The standard InChI is InChI=1S/C22H23NO7S/c1-28-12-8-9-13(17(10-12)29-2)16-11-31-20(18(16)22(27)30-3)23-19(24)14-6-4-5-7-15(14)21(25)26/h4-5,8-11,14-15H,6-7H2,1-3H3,(H,23,24)(H,25,26)/t14-,15-/m1/s1. The fourth-order valence-electron chi connectivity index (χ4n) is 3.56. The highest BCUT2D eigenvalue weighted by molar-refractivity contribution is 7.15. The molecule has 1 aromatic carbocycles. The summed E-state index contributed by atoms with van der Waals surface area (Å²) < 4.78 is 15.6. The number of benzene rings is 1. The van der Waals surface area contributed by atoms with E-state index in [1.165, 1.54) is 21.3 Å². The number of carbonyl (C=O) groups excluding carboxylic acids is 2. The third-order valence-corrected chi connectivity index (χ3v) is 6.10. The first-order valence-corrected chi connectivity index (χ1v) is 10.4. The lowest BCUT2D eigenvalue weighted by Gasteiger charge is -2.24. The number of hydrogen-bond acceptors (Lipinski definition) is 7. The van der Waals surface area contributed by atoms with E-state index in [1.54, 1.807) is 35.7 Å². The fraction of sp³-hybridized carbons (Fsp3) is 0.318. The minimum atomic E-state index is -1.02. The van der Waals surface area contributed by atoms with Gasteiger partial charge in [0.1, 0.15) is 22.1 Å². The smallest absolute Gasteiger partial charge is 0.341 e. The van der Waals surface area contributed by atoms with Crippen LogP contribution in [-0.2, 0) is 14.3 Å². The minimum absolute atomic E-state index is 0.183. The summed E-state index contributed by atoms with van der Waals surface area (Å²) in [6, 6.07) is 5.18. The Labute approximate surface area is 183 Å². The van der Waals surface area contributed by atoms with E-state index in [0.717, 1.165) is 11.3 Å². The zero-order valence-electron chi connectivity index (χ0n) is 17.3. The van der Waals surface area contributed by atoms with Crippen LogP contribution in [-0.4, -0.2) is 44.3 Å². The van der Waals surface area contributed by atoms with Gasteiger partial charge in [-0.3, -0.25) is 9.59 Å². The molecule has 1 amide bonds. The normalized spacial score (nSPS) is 17.6. The molecule has 0 radical (unpaired) electrons. The van der Waals surface area contributed by atoms with E-state index in [1.807, 2.05) is 0 Å². The van der Waals surface area contributed by atoms with Crippen molar-refractivity contribution in [1.82, 2.24) is 0 Å². The lowest BCUT2D eigenvalue weighted by molar-refractivity contribution is -0.146. The summed E-state index contributed by atoms with van der Waals surface area (Å²) in [5, 5.41) is 14.2. The highest BCUT2D eigenvalue weighted by Crippen LogP contribution is 2.42. The summed E-state index contributed by atoms with van der Waals surface area (Å²) in [4.78, 5) is 37.1. The number of thiophene rings is 1. The van der Waals surface area contributed by atoms with E-state index in [4.69, 9.17) is 14.2 Å². The molecule has 1 aromatic heterocycles. The van der Waals surface area contributed by atoms with Crippen molar-refractivity contribution in [2.24, 2.45) is 11.8 Å². The van der Waals surface area contributed by atoms with Crippen molar-refractivity contribution in [3.63, 3.8) is 0 Å². The summed E-state index contributed by atoms with van der Waals surface area (Å²) in [5.41, 5.74) is 1.34. The number of allylic oxidation sites excluding steroid dienone is 2. The number of amides is 1. The van der Waals surface area contributed by atoms with Gasteiger partial charge in [-0.15, -0.1) is 11.3 Å². The van der Waals surface area contributed by atoms with Crippen molar-refractivity contribution in [2.45, 2.75) is 12.8 Å². The first kappa shape index (κ1) is 22.4. The number of aliphatic carboxylic acids is 1. The quantitative estimate of drug-likeness (QED) is 0.492. The fourth-order valence-corrected chi connectivity index (χ4v) is 4.51. The number of hydrogen-bond donors (Lipinski definition) is 2. The van der Waals surface area contributed by atoms with Crippen LogP contribution in [0.5, 0.6) is 11.5 Å². The third kappa shape index (κ3) is 4.56. The average molecular weight is 445 g/mol. The van der Waals surface area contributed by atoms with Crippen LogP contribution < -0.4 is 14.8 Å². The molecule has 0 aliphatic heterocycles. The van der Waals surface area contributed by atoms with Crippen LogP contribution >= 0.6 is 11.3 Å². The first-order valence-electron chi connectivity index (χ1n) is 9.52. The summed E-state index contributed by atoms with van der Waals surface area (Å²) >= 11 is 1.16. The van der Waals surface area contributed by atoms with Crippen molar-refractivity contribution in [3.8, 4) is 22.6 Å². The van der Waals surface area contributed by atoms with Crippen LogP contribution in [0.15, 0.2) is 35.7 Å². The van der Waals surface area contributed by atoms with Crippen LogP contribution in [0.1, 0.15) is 23.2 Å². The Morgan fingerprint density at radius 2 is 1.74 bits per heavy atom. The maximum absolute atomic E-state index is 12.9. The second-order valence-electron chi connectivity index (χ2n) is 6.89. The molecule has 0 spiro atoms. The van der Waals surface area contributed by atoms with Crippen molar-refractivity contribution in [3.05, 3.63) is 41.3 Å². The van der Waals surface area contributed by atoms with Crippen LogP contribution in [0.3, 0.4) is 0 Å². The molecule has 9 heteroatoms. The molecule has 3 rings (SSSR count). The third-order valence-electron chi connectivity index (χ3n) is 5.20. The molecular formula is C22H23NO7S. The van der Waals surface area contributed by atoms with Gasteiger partial charge in [-0.1, -0.05) is 12.2 Å². The summed E-state index contributed by atoms with van der Waals surface area (Å²) in [5.74, 6) is -2.55. The molecule has 0 saturated carbocycles. The van der Waals surface area contributed by atoms with Gasteiger partial charge in [0.2, 0.25) is 5.91 Å². The summed E-state index contributed by atoms with van der Waals surface area (Å²) in [6.45, 7) is 0. The van der Waals surface area contributed by atoms with Crippen LogP contribution in [0.4, 0.5) is 5.00 Å². The topological polar surface area (TPSA) is 111 Å². The molecule has 2 atom stereocenters. The van der Waals surface area contributed by atoms with Crippen LogP contribution in [0.2, 0.25) is 0 Å².